The van der Waals surface area contributed by atoms with Gasteiger partial charge in [-0.25, -0.2) is 4.98 Å². The third-order valence-electron chi connectivity index (χ3n) is 4.86. The average Bonchev–Trinajstić information content (AvgIpc) is 3.24. The van der Waals surface area contributed by atoms with Crippen LogP contribution in [0.15, 0.2) is 85.1 Å². The van der Waals surface area contributed by atoms with Crippen LogP contribution in [-0.4, -0.2) is 27.3 Å². The molecule has 30 heavy (non-hydrogen) atoms. The molecule has 146 valence electrons. The van der Waals surface area contributed by atoms with E-state index in [2.05, 4.69) is 31.5 Å². The van der Waals surface area contributed by atoms with Crippen molar-refractivity contribution in [2.75, 3.05) is 12.4 Å². The minimum absolute atomic E-state index is 0.730. The van der Waals surface area contributed by atoms with E-state index in [4.69, 9.17) is 4.74 Å². The van der Waals surface area contributed by atoms with E-state index in [-0.39, 0.29) is 0 Å². The second-order valence-corrected chi connectivity index (χ2v) is 6.83. The maximum absolute atomic E-state index is 5.58. The lowest BCUT2D eigenvalue weighted by Crippen LogP contribution is -1.95. The fourth-order valence-electron chi connectivity index (χ4n) is 3.43. The Morgan fingerprint density at radius 2 is 1.77 bits per heavy atom. The van der Waals surface area contributed by atoms with Crippen molar-refractivity contribution in [3.05, 3.63) is 85.1 Å². The molecular formula is C24H19N5O. The summed E-state index contributed by atoms with van der Waals surface area (Å²) in [4.78, 5) is 8.06. The smallest absolute Gasteiger partial charge is 0.138 e. The molecule has 0 saturated heterocycles. The molecule has 0 atom stereocenters. The highest BCUT2D eigenvalue weighted by atomic mass is 16.5. The first-order chi connectivity index (χ1) is 14.8. The molecule has 0 radical (unpaired) electrons. The molecule has 0 bridgehead atoms. The Morgan fingerprint density at radius 1 is 0.867 bits per heavy atom. The zero-order valence-electron chi connectivity index (χ0n) is 16.3. The molecule has 6 heteroatoms. The number of H-pyrrole nitrogens is 1. The van der Waals surface area contributed by atoms with E-state index in [1.165, 1.54) is 0 Å². The van der Waals surface area contributed by atoms with Crippen molar-refractivity contribution in [3.8, 4) is 28.4 Å². The first kappa shape index (κ1) is 17.9. The third-order valence-corrected chi connectivity index (χ3v) is 4.86. The number of rotatable bonds is 5. The second-order valence-electron chi connectivity index (χ2n) is 6.83. The number of nitrogens with zero attached hydrogens (tertiary/aromatic N) is 3. The van der Waals surface area contributed by atoms with Crippen molar-refractivity contribution in [1.29, 1.82) is 0 Å². The van der Waals surface area contributed by atoms with E-state index in [1.54, 1.807) is 13.3 Å². The fraction of sp³-hybridized carbons (Fsp3) is 0.0417. The van der Waals surface area contributed by atoms with Gasteiger partial charge in [-0.3, -0.25) is 0 Å². The largest absolute Gasteiger partial charge is 0.496 e. The molecule has 0 fully saturated rings. The van der Waals surface area contributed by atoms with Gasteiger partial charge in [0.2, 0.25) is 0 Å². The first-order valence-electron chi connectivity index (χ1n) is 9.58. The van der Waals surface area contributed by atoms with Crippen molar-refractivity contribution < 1.29 is 4.74 Å². The maximum atomic E-state index is 5.58. The number of para-hydroxylation sites is 2. The zero-order chi connectivity index (χ0) is 20.3. The number of benzene rings is 3. The molecule has 5 aromatic rings. The lowest BCUT2D eigenvalue weighted by Gasteiger charge is -2.12. The molecule has 0 aliphatic rings. The van der Waals surface area contributed by atoms with Gasteiger partial charge in [0, 0.05) is 34.8 Å². The standard InChI is InChI=1S/C24H19N5O/c1-30-23-15-18(11-12-19(23)20-10-5-13-25-29-20)26-17-7-4-6-16(14-17)24-27-21-8-2-3-9-22(21)28-24/h2-15,26H,1H3,(H,27,28). The molecule has 2 aromatic heterocycles. The lowest BCUT2D eigenvalue weighted by molar-refractivity contribution is 0.416. The number of anilines is 2. The van der Waals surface area contributed by atoms with Gasteiger partial charge in [0.05, 0.1) is 23.8 Å². The number of aromatic nitrogens is 4. The Bertz CT molecular complexity index is 1280. The van der Waals surface area contributed by atoms with Crippen molar-refractivity contribution in [2.45, 2.75) is 0 Å². The van der Waals surface area contributed by atoms with Gasteiger partial charge in [-0.05, 0) is 48.5 Å². The molecular weight excluding hydrogens is 374 g/mol. The van der Waals surface area contributed by atoms with Crippen molar-refractivity contribution >= 4 is 22.4 Å². The molecule has 2 heterocycles. The first-order valence-corrected chi connectivity index (χ1v) is 9.58. The Kier molecular flexibility index (Phi) is 4.57. The predicted octanol–water partition coefficient (Wildman–Crippen LogP) is 5.44. The summed E-state index contributed by atoms with van der Waals surface area (Å²) >= 11 is 0. The highest BCUT2D eigenvalue weighted by Gasteiger charge is 2.10. The van der Waals surface area contributed by atoms with Gasteiger partial charge < -0.3 is 15.0 Å². The quantitative estimate of drug-likeness (QED) is 0.416. The van der Waals surface area contributed by atoms with E-state index in [9.17, 15) is 0 Å². The summed E-state index contributed by atoms with van der Waals surface area (Å²) < 4.78 is 5.58. The normalized spacial score (nSPS) is 10.8. The van der Waals surface area contributed by atoms with Crippen molar-refractivity contribution in [1.82, 2.24) is 20.2 Å². The topological polar surface area (TPSA) is 75.7 Å². The zero-order valence-corrected chi connectivity index (χ0v) is 16.3. The third kappa shape index (κ3) is 3.46. The van der Waals surface area contributed by atoms with Crippen molar-refractivity contribution in [2.24, 2.45) is 0 Å². The van der Waals surface area contributed by atoms with Gasteiger partial charge in [0.15, 0.2) is 0 Å². The van der Waals surface area contributed by atoms with Crippen LogP contribution in [0.2, 0.25) is 0 Å². The monoisotopic (exact) mass is 393 g/mol. The highest BCUT2D eigenvalue weighted by Crippen LogP contribution is 2.32. The molecule has 0 amide bonds. The molecule has 3 aromatic carbocycles. The molecule has 0 aliphatic heterocycles. The van der Waals surface area contributed by atoms with Crippen LogP contribution in [-0.2, 0) is 0 Å². The van der Waals surface area contributed by atoms with Crippen molar-refractivity contribution in [3.63, 3.8) is 0 Å². The van der Waals surface area contributed by atoms with Gasteiger partial charge in [-0.1, -0.05) is 24.3 Å². The number of nitrogens with one attached hydrogen (secondary N) is 2. The second kappa shape index (κ2) is 7.67. The van der Waals surface area contributed by atoms with Gasteiger partial charge in [-0.15, -0.1) is 0 Å². The number of methoxy groups -OCH3 is 1. The number of ether oxygens (including phenoxy) is 1. The summed E-state index contributed by atoms with van der Waals surface area (Å²) in [6, 6.07) is 25.9. The molecule has 5 rings (SSSR count). The average molecular weight is 393 g/mol. The minimum Gasteiger partial charge on any atom is -0.496 e. The number of imidazole rings is 1. The minimum atomic E-state index is 0.730. The number of aromatic amines is 1. The van der Waals surface area contributed by atoms with Crippen LogP contribution >= 0.6 is 0 Å². The summed E-state index contributed by atoms with van der Waals surface area (Å²) in [5.41, 5.74) is 6.54. The fourth-order valence-corrected chi connectivity index (χ4v) is 3.43. The SMILES string of the molecule is COc1cc(Nc2cccc(-c3nc4ccccc4[nH]3)c2)ccc1-c1cccnn1. The summed E-state index contributed by atoms with van der Waals surface area (Å²) in [5.74, 6) is 1.57. The number of hydrogen-bond donors (Lipinski definition) is 2. The van der Waals surface area contributed by atoms with E-state index in [0.717, 1.165) is 50.8 Å². The summed E-state index contributed by atoms with van der Waals surface area (Å²) in [6.07, 6.45) is 1.65. The van der Waals surface area contributed by atoms with Crippen LogP contribution in [0.4, 0.5) is 11.4 Å². The summed E-state index contributed by atoms with van der Waals surface area (Å²) in [5, 5.41) is 11.6. The molecule has 0 unspecified atom stereocenters. The van der Waals surface area contributed by atoms with Gasteiger partial charge >= 0.3 is 0 Å². The Morgan fingerprint density at radius 3 is 2.60 bits per heavy atom. The summed E-state index contributed by atoms with van der Waals surface area (Å²) in [6.45, 7) is 0. The predicted molar refractivity (Wildman–Crippen MR) is 119 cm³/mol. The van der Waals surface area contributed by atoms with E-state index >= 15 is 0 Å². The van der Waals surface area contributed by atoms with Crippen LogP contribution in [0, 0.1) is 0 Å². The van der Waals surface area contributed by atoms with Crippen LogP contribution < -0.4 is 10.1 Å². The Labute approximate surface area is 173 Å². The van der Waals surface area contributed by atoms with Gasteiger partial charge in [0.1, 0.15) is 11.6 Å². The van der Waals surface area contributed by atoms with E-state index in [0.29, 0.717) is 0 Å². The molecule has 6 nitrogen and oxygen atoms in total. The van der Waals surface area contributed by atoms with Crippen LogP contribution in [0.25, 0.3) is 33.7 Å². The van der Waals surface area contributed by atoms with Crippen LogP contribution in [0.3, 0.4) is 0 Å². The van der Waals surface area contributed by atoms with E-state index < -0.39 is 0 Å². The van der Waals surface area contributed by atoms with E-state index in [1.807, 2.05) is 72.8 Å². The molecule has 0 saturated carbocycles. The maximum Gasteiger partial charge on any atom is 0.138 e. The number of hydrogen-bond acceptors (Lipinski definition) is 5. The molecule has 0 aliphatic carbocycles. The molecule has 0 spiro atoms. The Balaban J connectivity index is 1.44. The van der Waals surface area contributed by atoms with Crippen LogP contribution in [0.5, 0.6) is 5.75 Å². The van der Waals surface area contributed by atoms with Crippen LogP contribution in [0.1, 0.15) is 0 Å². The Hall–Kier alpha value is -4.19. The summed E-state index contributed by atoms with van der Waals surface area (Å²) in [7, 11) is 1.65. The van der Waals surface area contributed by atoms with Gasteiger partial charge in [0.25, 0.3) is 0 Å². The van der Waals surface area contributed by atoms with Gasteiger partial charge in [-0.2, -0.15) is 10.2 Å². The lowest BCUT2D eigenvalue weighted by atomic mass is 10.1. The number of fused-ring (bicyclic) bond motifs is 1. The highest BCUT2D eigenvalue weighted by molar-refractivity contribution is 5.80. The molecule has 2 N–H and O–H groups in total.